The van der Waals surface area contributed by atoms with Crippen LogP contribution in [-0.2, 0) is 24.4 Å². The molecule has 0 unspecified atom stereocenters. The van der Waals surface area contributed by atoms with E-state index in [0.29, 0.717) is 35.9 Å². The number of aromatic nitrogens is 4. The third-order valence-electron chi connectivity index (χ3n) is 5.61. The monoisotopic (exact) mass is 439 g/mol. The highest BCUT2D eigenvalue weighted by Gasteiger charge is 2.19. The van der Waals surface area contributed by atoms with Crippen LogP contribution >= 0.6 is 0 Å². The first-order valence-electron chi connectivity index (χ1n) is 11.5. The average Bonchev–Trinajstić information content (AvgIpc) is 3.19. The predicted molar refractivity (Wildman–Crippen MR) is 127 cm³/mol. The number of unbranched alkanes of at least 4 members (excludes halogenated alkanes) is 2. The molecule has 8 nitrogen and oxygen atoms in total. The Hall–Kier alpha value is -3.16. The van der Waals surface area contributed by atoms with Gasteiger partial charge in [-0.2, -0.15) is 0 Å². The lowest BCUT2D eigenvalue weighted by Gasteiger charge is -2.13. The maximum absolute atomic E-state index is 13.3. The van der Waals surface area contributed by atoms with Crippen LogP contribution < -0.4 is 16.6 Å². The first-order valence-corrected chi connectivity index (χ1v) is 11.5. The van der Waals surface area contributed by atoms with Crippen LogP contribution in [0.4, 0.5) is 5.69 Å². The Morgan fingerprint density at radius 3 is 2.47 bits per heavy atom. The maximum Gasteiger partial charge on any atom is 0.333 e. The Bertz CT molecular complexity index is 1200. The number of imidazole rings is 1. The van der Waals surface area contributed by atoms with E-state index in [1.165, 1.54) is 4.57 Å². The smallest absolute Gasteiger partial charge is 0.325 e. The van der Waals surface area contributed by atoms with Crippen LogP contribution in [0, 0.1) is 0 Å². The zero-order chi connectivity index (χ0) is 23.3. The number of aryl methyl sites for hydroxylation is 2. The number of hydrogen-bond donors (Lipinski definition) is 1. The van der Waals surface area contributed by atoms with Gasteiger partial charge in [0.25, 0.3) is 5.56 Å². The SMILES string of the molecule is CCCCn1cnc2c1c(=O)n(CC(=O)Nc1cccc(C(C)C)c1)c(=O)n2CCCC. The van der Waals surface area contributed by atoms with E-state index in [-0.39, 0.29) is 6.54 Å². The topological polar surface area (TPSA) is 90.9 Å². The molecule has 0 atom stereocenters. The molecular formula is C24H33N5O3. The van der Waals surface area contributed by atoms with Gasteiger partial charge in [-0.3, -0.25) is 14.2 Å². The molecule has 1 amide bonds. The summed E-state index contributed by atoms with van der Waals surface area (Å²) in [6.07, 6.45) is 5.16. The molecule has 0 fully saturated rings. The minimum absolute atomic E-state index is 0.325. The highest BCUT2D eigenvalue weighted by molar-refractivity contribution is 5.90. The Kier molecular flexibility index (Phi) is 7.66. The van der Waals surface area contributed by atoms with Gasteiger partial charge in [0.2, 0.25) is 5.91 Å². The number of rotatable bonds is 10. The molecule has 32 heavy (non-hydrogen) atoms. The Morgan fingerprint density at radius 2 is 1.78 bits per heavy atom. The molecule has 172 valence electrons. The first-order chi connectivity index (χ1) is 15.4. The zero-order valence-corrected chi connectivity index (χ0v) is 19.4. The van der Waals surface area contributed by atoms with Gasteiger partial charge in [0.15, 0.2) is 11.2 Å². The van der Waals surface area contributed by atoms with Gasteiger partial charge < -0.3 is 9.88 Å². The number of carbonyl (C=O) groups excluding carboxylic acids is 1. The van der Waals surface area contributed by atoms with E-state index < -0.39 is 17.2 Å². The normalized spacial score (nSPS) is 11.4. The number of amides is 1. The molecule has 0 saturated carbocycles. The van der Waals surface area contributed by atoms with Gasteiger partial charge in [0.1, 0.15) is 6.54 Å². The van der Waals surface area contributed by atoms with Gasteiger partial charge in [0, 0.05) is 18.8 Å². The fourth-order valence-corrected chi connectivity index (χ4v) is 3.71. The molecule has 0 radical (unpaired) electrons. The summed E-state index contributed by atoms with van der Waals surface area (Å²) < 4.78 is 4.35. The van der Waals surface area contributed by atoms with Crippen molar-refractivity contribution in [2.24, 2.45) is 0 Å². The molecular weight excluding hydrogens is 406 g/mol. The van der Waals surface area contributed by atoms with E-state index in [0.717, 1.165) is 35.8 Å². The summed E-state index contributed by atoms with van der Waals surface area (Å²) >= 11 is 0. The van der Waals surface area contributed by atoms with E-state index in [1.54, 1.807) is 17.0 Å². The van der Waals surface area contributed by atoms with Crippen molar-refractivity contribution in [1.29, 1.82) is 0 Å². The number of nitrogens with zero attached hydrogens (tertiary/aromatic N) is 4. The second-order valence-corrected chi connectivity index (χ2v) is 8.47. The van der Waals surface area contributed by atoms with E-state index in [2.05, 4.69) is 31.1 Å². The third-order valence-corrected chi connectivity index (χ3v) is 5.61. The summed E-state index contributed by atoms with van der Waals surface area (Å²) in [6, 6.07) is 7.60. The van der Waals surface area contributed by atoms with Crippen molar-refractivity contribution in [1.82, 2.24) is 18.7 Å². The van der Waals surface area contributed by atoms with Crippen molar-refractivity contribution < 1.29 is 4.79 Å². The molecule has 0 saturated heterocycles. The van der Waals surface area contributed by atoms with Crippen molar-refractivity contribution in [3.05, 3.63) is 57.0 Å². The van der Waals surface area contributed by atoms with E-state index in [9.17, 15) is 14.4 Å². The minimum atomic E-state index is -0.497. The highest BCUT2D eigenvalue weighted by atomic mass is 16.2. The van der Waals surface area contributed by atoms with Crippen molar-refractivity contribution in [3.63, 3.8) is 0 Å². The molecule has 1 aromatic carbocycles. The molecule has 8 heteroatoms. The lowest BCUT2D eigenvalue weighted by atomic mass is 10.0. The van der Waals surface area contributed by atoms with E-state index >= 15 is 0 Å². The van der Waals surface area contributed by atoms with Crippen molar-refractivity contribution >= 4 is 22.8 Å². The number of hydrogen-bond acceptors (Lipinski definition) is 4. The van der Waals surface area contributed by atoms with Crippen molar-refractivity contribution in [2.45, 2.75) is 78.9 Å². The van der Waals surface area contributed by atoms with Gasteiger partial charge in [-0.05, 0) is 36.5 Å². The highest BCUT2D eigenvalue weighted by Crippen LogP contribution is 2.18. The maximum atomic E-state index is 13.3. The van der Waals surface area contributed by atoms with E-state index in [1.807, 2.05) is 25.1 Å². The van der Waals surface area contributed by atoms with Gasteiger partial charge in [0.05, 0.1) is 6.33 Å². The predicted octanol–water partition coefficient (Wildman–Crippen LogP) is 3.72. The Labute approximate surface area is 187 Å². The number of benzene rings is 1. The van der Waals surface area contributed by atoms with Crippen LogP contribution in [-0.4, -0.2) is 24.6 Å². The standard InChI is InChI=1S/C24H33N5O3/c1-5-7-12-27-16-25-22-21(27)23(31)29(24(32)28(22)13-8-6-2)15-20(30)26-19-11-9-10-18(14-19)17(3)4/h9-11,14,16-17H,5-8,12-13,15H2,1-4H3,(H,26,30). The van der Waals surface area contributed by atoms with Crippen LogP contribution in [0.25, 0.3) is 11.2 Å². The van der Waals surface area contributed by atoms with Gasteiger partial charge in [-0.15, -0.1) is 0 Å². The van der Waals surface area contributed by atoms with Crippen LogP contribution in [0.1, 0.15) is 64.9 Å². The summed E-state index contributed by atoms with van der Waals surface area (Å²) in [6.45, 7) is 9.03. The molecule has 0 aliphatic rings. The molecule has 0 aliphatic heterocycles. The second kappa shape index (κ2) is 10.4. The Balaban J connectivity index is 1.99. The average molecular weight is 440 g/mol. The minimum Gasteiger partial charge on any atom is -0.325 e. The lowest BCUT2D eigenvalue weighted by Crippen LogP contribution is -2.43. The summed E-state index contributed by atoms with van der Waals surface area (Å²) in [4.78, 5) is 43.6. The molecule has 2 aromatic heterocycles. The molecule has 3 rings (SSSR count). The molecule has 3 aromatic rings. The zero-order valence-electron chi connectivity index (χ0n) is 19.4. The fourth-order valence-electron chi connectivity index (χ4n) is 3.71. The quantitative estimate of drug-likeness (QED) is 0.521. The third kappa shape index (κ3) is 5.00. The number of carbonyl (C=O) groups is 1. The molecule has 0 bridgehead atoms. The van der Waals surface area contributed by atoms with Crippen LogP contribution in [0.5, 0.6) is 0 Å². The molecule has 1 N–H and O–H groups in total. The van der Waals surface area contributed by atoms with Gasteiger partial charge in [-0.25, -0.2) is 14.3 Å². The van der Waals surface area contributed by atoms with Crippen molar-refractivity contribution in [2.75, 3.05) is 5.32 Å². The summed E-state index contributed by atoms with van der Waals surface area (Å²) in [5.74, 6) is -0.0859. The number of fused-ring (bicyclic) bond motifs is 1. The first kappa shape index (κ1) is 23.5. The second-order valence-electron chi connectivity index (χ2n) is 8.47. The number of anilines is 1. The summed E-state index contributed by atoms with van der Waals surface area (Å²) in [5.41, 5.74) is 1.55. The molecule has 0 spiro atoms. The number of nitrogens with one attached hydrogen (secondary N) is 1. The largest absolute Gasteiger partial charge is 0.333 e. The Morgan fingerprint density at radius 1 is 1.06 bits per heavy atom. The van der Waals surface area contributed by atoms with Gasteiger partial charge in [-0.1, -0.05) is 52.7 Å². The van der Waals surface area contributed by atoms with Crippen LogP contribution in [0.2, 0.25) is 0 Å². The van der Waals surface area contributed by atoms with Gasteiger partial charge >= 0.3 is 5.69 Å². The van der Waals surface area contributed by atoms with E-state index in [4.69, 9.17) is 0 Å². The molecule has 2 heterocycles. The summed E-state index contributed by atoms with van der Waals surface area (Å²) in [5, 5.41) is 2.82. The van der Waals surface area contributed by atoms with Crippen molar-refractivity contribution in [3.8, 4) is 0 Å². The van der Waals surface area contributed by atoms with Crippen LogP contribution in [0.15, 0.2) is 40.2 Å². The molecule has 0 aliphatic carbocycles. The van der Waals surface area contributed by atoms with Crippen LogP contribution in [0.3, 0.4) is 0 Å². The lowest BCUT2D eigenvalue weighted by molar-refractivity contribution is -0.116. The summed E-state index contributed by atoms with van der Waals surface area (Å²) in [7, 11) is 0. The fraction of sp³-hybridized carbons (Fsp3) is 0.500.